The lowest BCUT2D eigenvalue weighted by Crippen LogP contribution is -2.23. The van der Waals surface area contributed by atoms with E-state index in [2.05, 4.69) is 17.0 Å². The molecule has 0 saturated carbocycles. The highest BCUT2D eigenvalue weighted by Gasteiger charge is 2.22. The van der Waals surface area contributed by atoms with Crippen molar-refractivity contribution in [1.29, 1.82) is 0 Å². The van der Waals surface area contributed by atoms with Crippen LogP contribution in [0.5, 0.6) is 0 Å². The zero-order chi connectivity index (χ0) is 13.9. The van der Waals surface area contributed by atoms with Crippen LogP contribution in [0, 0.1) is 0 Å². The molecule has 1 amide bonds. The van der Waals surface area contributed by atoms with Crippen molar-refractivity contribution < 1.29 is 4.79 Å². The van der Waals surface area contributed by atoms with E-state index >= 15 is 0 Å². The maximum atomic E-state index is 11.8. The monoisotopic (exact) mass is 270 g/mol. The van der Waals surface area contributed by atoms with E-state index in [9.17, 15) is 4.79 Å². The molecule has 1 aromatic heterocycles. The fraction of sp³-hybridized carbons (Fsp3) is 0.400. The molecule has 1 fully saturated rings. The normalized spacial score (nSPS) is 15.1. The summed E-state index contributed by atoms with van der Waals surface area (Å²) in [5, 5.41) is 4.25. The lowest BCUT2D eigenvalue weighted by Gasteiger charge is -2.16. The lowest BCUT2D eigenvalue weighted by atomic mass is 10.1. The molecule has 2 heterocycles. The van der Waals surface area contributed by atoms with Gasteiger partial charge in [-0.2, -0.15) is 5.10 Å². The predicted molar refractivity (Wildman–Crippen MR) is 77.3 cm³/mol. The molecule has 1 aromatic carbocycles. The van der Waals surface area contributed by atoms with Crippen LogP contribution in [0.4, 0.5) is 5.69 Å². The van der Waals surface area contributed by atoms with Crippen LogP contribution < -0.4 is 4.90 Å². The molecule has 1 saturated heterocycles. The van der Waals surface area contributed by atoms with Gasteiger partial charge in [-0.3, -0.25) is 4.79 Å². The fourth-order valence-electron chi connectivity index (χ4n) is 2.60. The average molecular weight is 270 g/mol. The van der Waals surface area contributed by atoms with Crippen molar-refractivity contribution in [3.8, 4) is 11.4 Å². The standard InChI is InChI=1S/C15H18N4O/c1-2-8-19-15(16-11-17-19)12-5-3-6-13(10-12)18-9-4-7-14(18)20/h3,5-6,10-11H,2,4,7-9H2,1H3. The minimum Gasteiger partial charge on any atom is -0.312 e. The van der Waals surface area contributed by atoms with E-state index in [0.29, 0.717) is 6.42 Å². The number of carbonyl (C=O) groups is 1. The number of hydrogen-bond acceptors (Lipinski definition) is 3. The van der Waals surface area contributed by atoms with Gasteiger partial charge in [0.25, 0.3) is 0 Å². The number of carbonyl (C=O) groups excluding carboxylic acids is 1. The molecule has 20 heavy (non-hydrogen) atoms. The number of nitrogens with zero attached hydrogens (tertiary/aromatic N) is 4. The lowest BCUT2D eigenvalue weighted by molar-refractivity contribution is -0.117. The van der Waals surface area contributed by atoms with Crippen molar-refractivity contribution in [3.63, 3.8) is 0 Å². The zero-order valence-electron chi connectivity index (χ0n) is 11.6. The van der Waals surface area contributed by atoms with Gasteiger partial charge in [-0.25, -0.2) is 9.67 Å². The number of aromatic nitrogens is 3. The van der Waals surface area contributed by atoms with E-state index in [4.69, 9.17) is 0 Å². The van der Waals surface area contributed by atoms with E-state index in [-0.39, 0.29) is 5.91 Å². The number of rotatable bonds is 4. The van der Waals surface area contributed by atoms with Crippen molar-refractivity contribution >= 4 is 11.6 Å². The molecule has 3 rings (SSSR count). The molecule has 1 aliphatic heterocycles. The highest BCUT2D eigenvalue weighted by Crippen LogP contribution is 2.26. The molecule has 1 aliphatic rings. The Kier molecular flexibility index (Phi) is 3.50. The Labute approximate surface area is 118 Å². The second-order valence-corrected chi connectivity index (χ2v) is 5.01. The first kappa shape index (κ1) is 12.8. The van der Waals surface area contributed by atoms with Crippen LogP contribution in [0.25, 0.3) is 11.4 Å². The maximum absolute atomic E-state index is 11.8. The number of amides is 1. The Hall–Kier alpha value is -2.17. The Balaban J connectivity index is 1.94. The van der Waals surface area contributed by atoms with Crippen molar-refractivity contribution in [1.82, 2.24) is 14.8 Å². The first-order valence-electron chi connectivity index (χ1n) is 7.08. The molecule has 0 unspecified atom stereocenters. The largest absolute Gasteiger partial charge is 0.312 e. The summed E-state index contributed by atoms with van der Waals surface area (Å²) >= 11 is 0. The van der Waals surface area contributed by atoms with Crippen LogP contribution in [0.3, 0.4) is 0 Å². The van der Waals surface area contributed by atoms with Crippen LogP contribution in [0.15, 0.2) is 30.6 Å². The molecule has 0 atom stereocenters. The number of anilines is 1. The summed E-state index contributed by atoms with van der Waals surface area (Å²) in [5.41, 5.74) is 1.96. The average Bonchev–Trinajstić information content (AvgIpc) is 3.08. The van der Waals surface area contributed by atoms with Gasteiger partial charge in [-0.15, -0.1) is 0 Å². The van der Waals surface area contributed by atoms with Gasteiger partial charge < -0.3 is 4.90 Å². The molecule has 0 bridgehead atoms. The van der Waals surface area contributed by atoms with Gasteiger partial charge in [-0.05, 0) is 25.0 Å². The van der Waals surface area contributed by atoms with Gasteiger partial charge in [0.15, 0.2) is 5.82 Å². The molecule has 5 nitrogen and oxygen atoms in total. The topological polar surface area (TPSA) is 51.0 Å². The number of aryl methyl sites for hydroxylation is 1. The van der Waals surface area contributed by atoms with Gasteiger partial charge >= 0.3 is 0 Å². The van der Waals surface area contributed by atoms with E-state index < -0.39 is 0 Å². The molecule has 0 aliphatic carbocycles. The van der Waals surface area contributed by atoms with E-state index in [1.54, 1.807) is 6.33 Å². The van der Waals surface area contributed by atoms with Gasteiger partial charge in [0.1, 0.15) is 6.33 Å². The van der Waals surface area contributed by atoms with Crippen molar-refractivity contribution in [2.45, 2.75) is 32.7 Å². The zero-order valence-corrected chi connectivity index (χ0v) is 11.6. The van der Waals surface area contributed by atoms with Crippen LogP contribution in [-0.2, 0) is 11.3 Å². The summed E-state index contributed by atoms with van der Waals surface area (Å²) in [6, 6.07) is 7.99. The highest BCUT2D eigenvalue weighted by molar-refractivity contribution is 5.95. The van der Waals surface area contributed by atoms with Crippen LogP contribution >= 0.6 is 0 Å². The number of benzene rings is 1. The van der Waals surface area contributed by atoms with Crippen molar-refractivity contribution in [2.75, 3.05) is 11.4 Å². The van der Waals surface area contributed by atoms with Crippen molar-refractivity contribution in [3.05, 3.63) is 30.6 Å². The summed E-state index contributed by atoms with van der Waals surface area (Å²) in [6.45, 7) is 3.77. The van der Waals surface area contributed by atoms with E-state index in [0.717, 1.165) is 43.0 Å². The minimum atomic E-state index is 0.206. The summed E-state index contributed by atoms with van der Waals surface area (Å²) in [6.07, 6.45) is 4.19. The third-order valence-electron chi connectivity index (χ3n) is 3.54. The van der Waals surface area contributed by atoms with Gasteiger partial charge in [0, 0.05) is 30.8 Å². The van der Waals surface area contributed by atoms with Crippen LogP contribution in [-0.4, -0.2) is 27.2 Å². The number of hydrogen-bond donors (Lipinski definition) is 0. The summed E-state index contributed by atoms with van der Waals surface area (Å²) in [4.78, 5) is 18.0. The molecular formula is C15H18N4O. The van der Waals surface area contributed by atoms with Gasteiger partial charge in [0.2, 0.25) is 5.91 Å². The summed E-state index contributed by atoms with van der Waals surface area (Å²) in [5.74, 6) is 1.07. The molecule has 5 heteroatoms. The molecule has 0 N–H and O–H groups in total. The van der Waals surface area contributed by atoms with E-state index in [1.165, 1.54) is 0 Å². The molecule has 0 spiro atoms. The second kappa shape index (κ2) is 5.45. The van der Waals surface area contributed by atoms with Crippen molar-refractivity contribution in [2.24, 2.45) is 0 Å². The first-order chi connectivity index (χ1) is 9.79. The second-order valence-electron chi connectivity index (χ2n) is 5.01. The molecular weight excluding hydrogens is 252 g/mol. The Bertz CT molecular complexity index is 620. The minimum absolute atomic E-state index is 0.206. The molecule has 2 aromatic rings. The summed E-state index contributed by atoms with van der Waals surface area (Å²) in [7, 11) is 0. The quantitative estimate of drug-likeness (QED) is 0.857. The third-order valence-corrected chi connectivity index (χ3v) is 3.54. The molecule has 104 valence electrons. The van der Waals surface area contributed by atoms with E-state index in [1.807, 2.05) is 33.8 Å². The first-order valence-corrected chi connectivity index (χ1v) is 7.08. The molecule has 0 radical (unpaired) electrons. The van der Waals surface area contributed by atoms with Gasteiger partial charge in [0.05, 0.1) is 0 Å². The third kappa shape index (κ3) is 2.31. The Morgan fingerprint density at radius 2 is 2.25 bits per heavy atom. The Morgan fingerprint density at radius 3 is 3.00 bits per heavy atom. The fourth-order valence-corrected chi connectivity index (χ4v) is 2.60. The van der Waals surface area contributed by atoms with Crippen LogP contribution in [0.2, 0.25) is 0 Å². The maximum Gasteiger partial charge on any atom is 0.227 e. The predicted octanol–water partition coefficient (Wildman–Crippen LogP) is 2.48. The Morgan fingerprint density at radius 1 is 1.35 bits per heavy atom. The van der Waals surface area contributed by atoms with Crippen LogP contribution in [0.1, 0.15) is 26.2 Å². The smallest absolute Gasteiger partial charge is 0.227 e. The summed E-state index contributed by atoms with van der Waals surface area (Å²) < 4.78 is 1.91. The van der Waals surface area contributed by atoms with Gasteiger partial charge in [-0.1, -0.05) is 19.1 Å². The SMILES string of the molecule is CCCn1ncnc1-c1cccc(N2CCCC2=O)c1. The highest BCUT2D eigenvalue weighted by atomic mass is 16.2.